The van der Waals surface area contributed by atoms with Crippen LogP contribution in [0.15, 0.2) is 41.3 Å². The Morgan fingerprint density at radius 1 is 1.26 bits per heavy atom. The lowest BCUT2D eigenvalue weighted by atomic mass is 10.2. The zero-order valence-electron chi connectivity index (χ0n) is 11.9. The third-order valence-electron chi connectivity index (χ3n) is 3.07. The Hall–Kier alpha value is -1.47. The predicted octanol–water partition coefficient (Wildman–Crippen LogP) is 5.08. The molecule has 0 saturated heterocycles. The van der Waals surface area contributed by atoms with E-state index in [0.29, 0.717) is 26.3 Å². The first-order chi connectivity index (χ1) is 11.1. The number of benzene rings is 2. The Balaban J connectivity index is 1.75. The zero-order valence-corrected chi connectivity index (χ0v) is 15.0. The molecule has 0 bridgehead atoms. The summed E-state index contributed by atoms with van der Waals surface area (Å²) in [5, 5.41) is 1.40. The third kappa shape index (κ3) is 3.55. The first-order valence-electron chi connectivity index (χ1n) is 6.53. The van der Waals surface area contributed by atoms with Crippen molar-refractivity contribution in [3.8, 4) is 0 Å². The van der Waals surface area contributed by atoms with Gasteiger partial charge in [-0.3, -0.25) is 15.6 Å². The number of hydrogen-bond donors (Lipinski definition) is 2. The minimum absolute atomic E-state index is 0.232. The van der Waals surface area contributed by atoms with Crippen molar-refractivity contribution < 1.29 is 4.79 Å². The number of nitrogens with one attached hydrogen (secondary N) is 2. The summed E-state index contributed by atoms with van der Waals surface area (Å²) in [4.78, 5) is 17.5. The maximum Gasteiger partial charge on any atom is 0.269 e. The van der Waals surface area contributed by atoms with Gasteiger partial charge in [-0.2, -0.15) is 0 Å². The zero-order chi connectivity index (χ0) is 16.4. The number of carbonyl (C=O) groups is 1. The summed E-state index contributed by atoms with van der Waals surface area (Å²) in [7, 11) is 0. The van der Waals surface area contributed by atoms with Crippen LogP contribution in [0.5, 0.6) is 0 Å². The second kappa shape index (κ2) is 6.97. The summed E-state index contributed by atoms with van der Waals surface area (Å²) in [5.74, 6) is -0.232. The minimum atomic E-state index is -0.232. The van der Waals surface area contributed by atoms with Crippen LogP contribution in [0.25, 0.3) is 10.2 Å². The quantitative estimate of drug-likeness (QED) is 0.487. The van der Waals surface area contributed by atoms with Gasteiger partial charge in [0.15, 0.2) is 0 Å². The van der Waals surface area contributed by atoms with Crippen molar-refractivity contribution in [2.24, 2.45) is 0 Å². The van der Waals surface area contributed by atoms with Gasteiger partial charge in [-0.1, -0.05) is 40.6 Å². The lowest BCUT2D eigenvalue weighted by molar-refractivity contribution is 0.0962. The van der Waals surface area contributed by atoms with Crippen LogP contribution in [0.2, 0.25) is 10.0 Å². The fourth-order valence-electron chi connectivity index (χ4n) is 1.94. The van der Waals surface area contributed by atoms with E-state index < -0.39 is 0 Å². The molecule has 0 aliphatic carbocycles. The second-order valence-electron chi connectivity index (χ2n) is 4.54. The lowest BCUT2D eigenvalue weighted by Gasteiger charge is -2.06. The highest BCUT2D eigenvalue weighted by atomic mass is 35.5. The van der Waals surface area contributed by atoms with E-state index >= 15 is 0 Å². The number of hydrogen-bond acceptors (Lipinski definition) is 5. The van der Waals surface area contributed by atoms with Crippen molar-refractivity contribution in [2.75, 3.05) is 11.7 Å². The molecule has 8 heteroatoms. The van der Waals surface area contributed by atoms with E-state index in [0.717, 1.165) is 9.60 Å². The molecule has 118 valence electrons. The van der Waals surface area contributed by atoms with Gasteiger partial charge in [-0.25, -0.2) is 4.98 Å². The summed E-state index contributed by atoms with van der Waals surface area (Å²) >= 11 is 15.1. The highest BCUT2D eigenvalue weighted by Gasteiger charge is 2.11. The second-order valence-corrected chi connectivity index (χ2v) is 7.23. The Kier molecular flexibility index (Phi) is 4.96. The predicted molar refractivity (Wildman–Crippen MR) is 99.0 cm³/mol. The summed E-state index contributed by atoms with van der Waals surface area (Å²) < 4.78 is 0.889. The maximum atomic E-state index is 12.2. The van der Waals surface area contributed by atoms with Crippen molar-refractivity contribution in [2.45, 2.75) is 4.90 Å². The van der Waals surface area contributed by atoms with Crippen LogP contribution in [0.4, 0.5) is 5.13 Å². The molecule has 2 aromatic carbocycles. The number of rotatable bonds is 4. The standard InChI is InChI=1S/C15H11Cl2N3OS2/c1-22-9-4-2-3-8(7-9)14(21)19-20-15-18-13-11(23-15)6-5-10(16)12(13)17/h2-7H,1H3,(H,18,20)(H,19,21). The number of hydrazine groups is 1. The van der Waals surface area contributed by atoms with Crippen LogP contribution in [0, 0.1) is 0 Å². The lowest BCUT2D eigenvalue weighted by Crippen LogP contribution is -2.29. The van der Waals surface area contributed by atoms with Crippen LogP contribution < -0.4 is 10.9 Å². The smallest absolute Gasteiger partial charge is 0.269 e. The topological polar surface area (TPSA) is 54.0 Å². The number of halogens is 2. The number of amides is 1. The van der Waals surface area contributed by atoms with Crippen molar-refractivity contribution in [3.05, 3.63) is 52.0 Å². The summed E-state index contributed by atoms with van der Waals surface area (Å²) in [6, 6.07) is 11.0. The molecule has 1 amide bonds. The van der Waals surface area contributed by atoms with E-state index in [9.17, 15) is 4.79 Å². The number of fused-ring (bicyclic) bond motifs is 1. The van der Waals surface area contributed by atoms with Crippen LogP contribution in [0.1, 0.15) is 10.4 Å². The van der Waals surface area contributed by atoms with Gasteiger partial charge in [0.1, 0.15) is 5.52 Å². The number of nitrogens with zero attached hydrogens (tertiary/aromatic N) is 1. The molecule has 0 aliphatic rings. The number of aromatic nitrogens is 1. The van der Waals surface area contributed by atoms with Gasteiger partial charge in [0.25, 0.3) is 5.91 Å². The Morgan fingerprint density at radius 3 is 2.87 bits per heavy atom. The van der Waals surface area contributed by atoms with Crippen LogP contribution in [-0.2, 0) is 0 Å². The van der Waals surface area contributed by atoms with E-state index in [-0.39, 0.29) is 5.91 Å². The van der Waals surface area contributed by atoms with E-state index in [1.165, 1.54) is 11.3 Å². The van der Waals surface area contributed by atoms with Gasteiger partial charge in [0.2, 0.25) is 5.13 Å². The fraction of sp³-hybridized carbons (Fsp3) is 0.0667. The van der Waals surface area contributed by atoms with E-state index in [4.69, 9.17) is 23.2 Å². The van der Waals surface area contributed by atoms with Crippen molar-refractivity contribution in [1.82, 2.24) is 10.4 Å². The monoisotopic (exact) mass is 383 g/mol. The van der Waals surface area contributed by atoms with Crippen LogP contribution in [-0.4, -0.2) is 17.1 Å². The summed E-state index contributed by atoms with van der Waals surface area (Å²) in [6.45, 7) is 0. The van der Waals surface area contributed by atoms with E-state index in [1.807, 2.05) is 30.5 Å². The first-order valence-corrected chi connectivity index (χ1v) is 9.33. The minimum Gasteiger partial charge on any atom is -0.273 e. The molecule has 2 N–H and O–H groups in total. The number of carbonyl (C=O) groups excluding carboxylic acids is 1. The molecule has 0 radical (unpaired) electrons. The van der Waals surface area contributed by atoms with E-state index in [2.05, 4.69) is 15.8 Å². The highest BCUT2D eigenvalue weighted by molar-refractivity contribution is 7.98. The van der Waals surface area contributed by atoms with Crippen molar-refractivity contribution in [3.63, 3.8) is 0 Å². The van der Waals surface area contributed by atoms with Gasteiger partial charge >= 0.3 is 0 Å². The SMILES string of the molecule is CSc1cccc(C(=O)NNc2nc3c(Cl)c(Cl)ccc3s2)c1. The largest absolute Gasteiger partial charge is 0.273 e. The van der Waals surface area contributed by atoms with Crippen LogP contribution >= 0.6 is 46.3 Å². The van der Waals surface area contributed by atoms with Gasteiger partial charge in [-0.05, 0) is 36.6 Å². The molecule has 3 rings (SSSR count). The molecule has 0 aliphatic heterocycles. The molecule has 4 nitrogen and oxygen atoms in total. The van der Waals surface area contributed by atoms with Crippen molar-refractivity contribution in [1.29, 1.82) is 0 Å². The van der Waals surface area contributed by atoms with Gasteiger partial charge in [0.05, 0.1) is 14.7 Å². The van der Waals surface area contributed by atoms with E-state index in [1.54, 1.807) is 23.9 Å². The summed E-state index contributed by atoms with van der Waals surface area (Å²) in [6.07, 6.45) is 1.96. The van der Waals surface area contributed by atoms with Crippen molar-refractivity contribution >= 4 is 67.6 Å². The Morgan fingerprint density at radius 2 is 2.09 bits per heavy atom. The molecular formula is C15H11Cl2N3OS2. The molecule has 1 heterocycles. The number of anilines is 1. The molecule has 3 aromatic rings. The maximum absolute atomic E-state index is 12.2. The third-order valence-corrected chi connectivity index (χ3v) is 5.52. The average Bonchev–Trinajstić information content (AvgIpc) is 3.00. The van der Waals surface area contributed by atoms with Gasteiger partial charge in [-0.15, -0.1) is 11.8 Å². The molecular weight excluding hydrogens is 373 g/mol. The Bertz CT molecular complexity index is 882. The summed E-state index contributed by atoms with van der Waals surface area (Å²) in [5.41, 5.74) is 6.64. The number of thiazole rings is 1. The number of thioether (sulfide) groups is 1. The normalized spacial score (nSPS) is 10.7. The van der Waals surface area contributed by atoms with Crippen LogP contribution in [0.3, 0.4) is 0 Å². The van der Waals surface area contributed by atoms with Gasteiger partial charge < -0.3 is 0 Å². The Labute approximate surface area is 151 Å². The molecule has 1 aromatic heterocycles. The molecule has 0 spiro atoms. The molecule has 0 saturated carbocycles. The molecule has 0 fully saturated rings. The molecule has 0 unspecified atom stereocenters. The molecule has 23 heavy (non-hydrogen) atoms. The van der Waals surface area contributed by atoms with Gasteiger partial charge in [0, 0.05) is 10.5 Å². The average molecular weight is 384 g/mol. The fourth-order valence-corrected chi connectivity index (χ4v) is 3.64. The molecule has 0 atom stereocenters. The highest BCUT2D eigenvalue weighted by Crippen LogP contribution is 2.34. The first kappa shape index (κ1) is 16.4.